The van der Waals surface area contributed by atoms with E-state index in [-0.39, 0.29) is 12.1 Å². The maximum Gasteiger partial charge on any atom is 0.279 e. The molecule has 31 heavy (non-hydrogen) atoms. The molecule has 2 aromatic rings. The molecule has 0 aromatic carbocycles. The van der Waals surface area contributed by atoms with Crippen molar-refractivity contribution < 1.29 is 13.2 Å². The van der Waals surface area contributed by atoms with Crippen LogP contribution in [0, 0.1) is 0 Å². The van der Waals surface area contributed by atoms with Gasteiger partial charge in [0, 0.05) is 45.5 Å². The van der Waals surface area contributed by atoms with E-state index in [0.29, 0.717) is 32.3 Å². The zero-order valence-corrected chi connectivity index (χ0v) is 18.7. The molecular formula is C19H30N8O3S. The average Bonchev–Trinajstić information content (AvgIpc) is 3.16. The Morgan fingerprint density at radius 2 is 1.84 bits per heavy atom. The molecule has 0 unspecified atom stereocenters. The van der Waals surface area contributed by atoms with Crippen molar-refractivity contribution >= 4 is 22.0 Å². The van der Waals surface area contributed by atoms with Gasteiger partial charge in [0.25, 0.3) is 10.2 Å². The summed E-state index contributed by atoms with van der Waals surface area (Å²) in [5.41, 5.74) is 1.71. The van der Waals surface area contributed by atoms with Gasteiger partial charge >= 0.3 is 0 Å². The number of rotatable bonds is 7. The number of hydrogen-bond acceptors (Lipinski definition) is 8. The Morgan fingerprint density at radius 3 is 2.55 bits per heavy atom. The fraction of sp³-hybridized carbons (Fsp3) is 0.632. The van der Waals surface area contributed by atoms with Crippen molar-refractivity contribution in [2.24, 2.45) is 7.05 Å². The first-order valence-corrected chi connectivity index (χ1v) is 12.0. The predicted molar refractivity (Wildman–Crippen MR) is 118 cm³/mol. The van der Waals surface area contributed by atoms with Crippen molar-refractivity contribution in [3.05, 3.63) is 18.5 Å². The molecule has 2 aliphatic rings. The van der Waals surface area contributed by atoms with E-state index in [1.807, 2.05) is 20.2 Å². The Bertz CT molecular complexity index is 982. The lowest BCUT2D eigenvalue weighted by atomic mass is 9.92. The molecule has 0 spiro atoms. The smallest absolute Gasteiger partial charge is 0.279 e. The third kappa shape index (κ3) is 5.14. The summed E-state index contributed by atoms with van der Waals surface area (Å²) in [5.74, 6) is 1.46. The van der Waals surface area contributed by atoms with E-state index >= 15 is 0 Å². The molecular weight excluding hydrogens is 420 g/mol. The van der Waals surface area contributed by atoms with Gasteiger partial charge < -0.3 is 15.4 Å². The van der Waals surface area contributed by atoms with Crippen molar-refractivity contribution in [1.82, 2.24) is 28.8 Å². The second-order valence-corrected chi connectivity index (χ2v) is 9.58. The second-order valence-electron chi connectivity index (χ2n) is 7.87. The van der Waals surface area contributed by atoms with Crippen LogP contribution in [0.1, 0.15) is 25.7 Å². The average molecular weight is 451 g/mol. The van der Waals surface area contributed by atoms with Crippen molar-refractivity contribution in [3.63, 3.8) is 0 Å². The minimum absolute atomic E-state index is 0.0493. The molecule has 2 aromatic heterocycles. The summed E-state index contributed by atoms with van der Waals surface area (Å²) < 4.78 is 36.5. The van der Waals surface area contributed by atoms with E-state index in [1.165, 1.54) is 4.31 Å². The number of ether oxygens (including phenoxy) is 1. The molecule has 170 valence electrons. The largest absolute Gasteiger partial charge is 0.379 e. The number of anilines is 2. The van der Waals surface area contributed by atoms with Crippen LogP contribution in [0.2, 0.25) is 0 Å². The Balaban J connectivity index is 1.33. The normalized spacial score (nSPS) is 22.9. The number of nitrogens with one attached hydrogen (secondary N) is 3. The van der Waals surface area contributed by atoms with Crippen LogP contribution in [-0.4, -0.2) is 77.9 Å². The van der Waals surface area contributed by atoms with Crippen LogP contribution in [0.3, 0.4) is 0 Å². The molecule has 1 aliphatic heterocycles. The highest BCUT2D eigenvalue weighted by Gasteiger charge is 2.29. The monoisotopic (exact) mass is 450 g/mol. The van der Waals surface area contributed by atoms with Crippen LogP contribution in [0.15, 0.2) is 18.5 Å². The van der Waals surface area contributed by atoms with Crippen LogP contribution in [0.25, 0.3) is 11.3 Å². The fourth-order valence-electron chi connectivity index (χ4n) is 4.11. The molecule has 0 amide bonds. The van der Waals surface area contributed by atoms with Crippen LogP contribution < -0.4 is 15.4 Å². The van der Waals surface area contributed by atoms with Gasteiger partial charge in [-0.15, -0.1) is 0 Å². The first-order chi connectivity index (χ1) is 15.0. The molecule has 3 heterocycles. The van der Waals surface area contributed by atoms with Crippen LogP contribution >= 0.6 is 0 Å². The lowest BCUT2D eigenvalue weighted by molar-refractivity contribution is 0.0722. The molecule has 1 saturated heterocycles. The van der Waals surface area contributed by atoms with Gasteiger partial charge in [0.1, 0.15) is 5.82 Å². The summed E-state index contributed by atoms with van der Waals surface area (Å²) in [5, 5.41) is 10.8. The summed E-state index contributed by atoms with van der Waals surface area (Å²) in [4.78, 5) is 9.01. The quantitative estimate of drug-likeness (QED) is 0.566. The van der Waals surface area contributed by atoms with Crippen LogP contribution in [-0.2, 0) is 22.0 Å². The number of aryl methyl sites for hydroxylation is 1. The highest BCUT2D eigenvalue weighted by atomic mass is 32.2. The highest BCUT2D eigenvalue weighted by Crippen LogP contribution is 2.27. The summed E-state index contributed by atoms with van der Waals surface area (Å²) in [6.45, 7) is 1.72. The third-order valence-corrected chi connectivity index (χ3v) is 7.47. The van der Waals surface area contributed by atoms with Gasteiger partial charge in [-0.25, -0.2) is 9.97 Å². The summed E-state index contributed by atoms with van der Waals surface area (Å²) in [6, 6.07) is 2.02. The zero-order chi connectivity index (χ0) is 21.8. The number of aromatic nitrogens is 4. The molecule has 0 radical (unpaired) electrons. The topological polar surface area (TPSA) is 126 Å². The Labute approximate surface area is 182 Å². The molecule has 1 aliphatic carbocycles. The summed E-state index contributed by atoms with van der Waals surface area (Å²) >= 11 is 0. The van der Waals surface area contributed by atoms with Gasteiger partial charge in [0.15, 0.2) is 0 Å². The minimum atomic E-state index is -3.46. The van der Waals surface area contributed by atoms with E-state index in [2.05, 4.69) is 30.4 Å². The number of nitrogens with zero attached hydrogens (tertiary/aromatic N) is 5. The second kappa shape index (κ2) is 9.47. The molecule has 4 rings (SSSR count). The predicted octanol–water partition coefficient (Wildman–Crippen LogP) is 0.808. The Hall–Kier alpha value is -2.28. The van der Waals surface area contributed by atoms with Gasteiger partial charge in [-0.3, -0.25) is 4.68 Å². The zero-order valence-electron chi connectivity index (χ0n) is 17.9. The van der Waals surface area contributed by atoms with E-state index < -0.39 is 10.2 Å². The van der Waals surface area contributed by atoms with Gasteiger partial charge in [0.2, 0.25) is 5.95 Å². The molecule has 11 nitrogen and oxygen atoms in total. The molecule has 12 heteroatoms. The Morgan fingerprint density at radius 1 is 1.13 bits per heavy atom. The van der Waals surface area contributed by atoms with Crippen molar-refractivity contribution in [3.8, 4) is 11.3 Å². The van der Waals surface area contributed by atoms with Crippen molar-refractivity contribution in [1.29, 1.82) is 0 Å². The van der Waals surface area contributed by atoms with Gasteiger partial charge in [-0.2, -0.15) is 22.5 Å². The Kier molecular flexibility index (Phi) is 6.70. The first kappa shape index (κ1) is 21.9. The molecule has 0 bridgehead atoms. The first-order valence-electron chi connectivity index (χ1n) is 10.6. The van der Waals surface area contributed by atoms with Gasteiger partial charge in [0.05, 0.1) is 30.7 Å². The molecule has 0 atom stereocenters. The number of hydrogen-bond donors (Lipinski definition) is 3. The molecule has 1 saturated carbocycles. The minimum Gasteiger partial charge on any atom is -0.379 e. The van der Waals surface area contributed by atoms with E-state index in [0.717, 1.165) is 42.8 Å². The standard InChI is InChI=1S/C19H30N8O3S/c1-20-18-16(13-22-26(18)2)17-7-8-21-19(24-17)23-14-3-5-15(6-4-14)25-31(28,29)27-9-11-30-12-10-27/h7-8,13-15,20,25H,3-6,9-12H2,1-2H3,(H,21,23,24). The maximum absolute atomic E-state index is 12.6. The van der Waals surface area contributed by atoms with Gasteiger partial charge in [-0.05, 0) is 31.7 Å². The highest BCUT2D eigenvalue weighted by molar-refractivity contribution is 7.87. The van der Waals surface area contributed by atoms with E-state index in [4.69, 9.17) is 4.74 Å². The maximum atomic E-state index is 12.6. The summed E-state index contributed by atoms with van der Waals surface area (Å²) in [7, 11) is 0.274. The lowest BCUT2D eigenvalue weighted by Crippen LogP contribution is -2.50. The summed E-state index contributed by atoms with van der Waals surface area (Å²) in [6.07, 6.45) is 6.75. The van der Waals surface area contributed by atoms with Crippen molar-refractivity contribution in [2.75, 3.05) is 44.0 Å². The SMILES string of the molecule is CNc1c(-c2ccnc(NC3CCC(NS(=O)(=O)N4CCOCC4)CC3)n2)cnn1C. The van der Waals surface area contributed by atoms with Gasteiger partial charge in [-0.1, -0.05) is 0 Å². The van der Waals surface area contributed by atoms with Crippen molar-refractivity contribution in [2.45, 2.75) is 37.8 Å². The lowest BCUT2D eigenvalue weighted by Gasteiger charge is -2.32. The van der Waals surface area contributed by atoms with Crippen LogP contribution in [0.4, 0.5) is 11.8 Å². The number of morpholine rings is 1. The third-order valence-electron chi connectivity index (χ3n) is 5.79. The molecule has 2 fully saturated rings. The fourth-order valence-corrected chi connectivity index (χ4v) is 5.55. The molecule has 3 N–H and O–H groups in total. The van der Waals surface area contributed by atoms with E-state index in [1.54, 1.807) is 17.1 Å². The van der Waals surface area contributed by atoms with Crippen LogP contribution in [0.5, 0.6) is 0 Å². The van der Waals surface area contributed by atoms with E-state index in [9.17, 15) is 8.42 Å².